The standard InChI is InChI=1S/C18H15FN2O4/c1-25-9-10-2-7-14-13(8-10)16(22)15(18(24)21-14)17(23)20-12-5-3-11(19)4-6-12/h2-8H,9H2,1H3,(H,20,23)(H2,21,22,24). The lowest BCUT2D eigenvalue weighted by Crippen LogP contribution is -2.23. The number of anilines is 1. The van der Waals surface area contributed by atoms with Crippen molar-refractivity contribution in [2.75, 3.05) is 12.4 Å². The Morgan fingerprint density at radius 3 is 2.64 bits per heavy atom. The lowest BCUT2D eigenvalue weighted by molar-refractivity contribution is 0.102. The van der Waals surface area contributed by atoms with Crippen LogP contribution in [0.25, 0.3) is 10.9 Å². The maximum absolute atomic E-state index is 12.9. The van der Waals surface area contributed by atoms with Gasteiger partial charge in [0.1, 0.15) is 17.1 Å². The van der Waals surface area contributed by atoms with E-state index in [1.165, 1.54) is 24.3 Å². The molecule has 1 amide bonds. The monoisotopic (exact) mass is 342 g/mol. The summed E-state index contributed by atoms with van der Waals surface area (Å²) in [6, 6.07) is 10.1. The number of nitrogens with one attached hydrogen (secondary N) is 2. The highest BCUT2D eigenvalue weighted by molar-refractivity contribution is 6.08. The van der Waals surface area contributed by atoms with Gasteiger partial charge in [-0.3, -0.25) is 9.59 Å². The molecule has 7 heteroatoms. The number of pyridine rings is 1. The van der Waals surface area contributed by atoms with E-state index in [-0.39, 0.29) is 0 Å². The quantitative estimate of drug-likeness (QED) is 0.680. The normalized spacial score (nSPS) is 10.8. The molecule has 3 N–H and O–H groups in total. The molecule has 0 radical (unpaired) electrons. The van der Waals surface area contributed by atoms with Gasteiger partial charge in [0.05, 0.1) is 12.1 Å². The molecule has 3 aromatic rings. The number of fused-ring (bicyclic) bond motifs is 1. The zero-order valence-corrected chi connectivity index (χ0v) is 13.3. The summed E-state index contributed by atoms with van der Waals surface area (Å²) in [6.07, 6.45) is 0. The molecule has 6 nitrogen and oxygen atoms in total. The van der Waals surface area contributed by atoms with Crippen molar-refractivity contribution in [2.24, 2.45) is 0 Å². The van der Waals surface area contributed by atoms with Crippen molar-refractivity contribution in [2.45, 2.75) is 6.61 Å². The number of H-pyrrole nitrogens is 1. The minimum atomic E-state index is -0.788. The Bertz CT molecular complexity index is 996. The predicted molar refractivity (Wildman–Crippen MR) is 91.3 cm³/mol. The number of amides is 1. The van der Waals surface area contributed by atoms with Gasteiger partial charge in [0.25, 0.3) is 11.5 Å². The SMILES string of the molecule is COCc1ccc2[nH]c(=O)c(C(=O)Nc3ccc(F)cc3)c(O)c2c1. The maximum atomic E-state index is 12.9. The summed E-state index contributed by atoms with van der Waals surface area (Å²) in [5.41, 5.74) is 0.358. The fourth-order valence-electron chi connectivity index (χ4n) is 2.52. The van der Waals surface area contributed by atoms with Crippen LogP contribution in [0, 0.1) is 5.82 Å². The number of carbonyl (C=O) groups excluding carboxylic acids is 1. The molecule has 0 fully saturated rings. The number of halogens is 1. The Morgan fingerprint density at radius 1 is 1.24 bits per heavy atom. The molecular weight excluding hydrogens is 327 g/mol. The summed E-state index contributed by atoms with van der Waals surface area (Å²) in [7, 11) is 1.54. The largest absolute Gasteiger partial charge is 0.506 e. The molecule has 3 rings (SSSR count). The summed E-state index contributed by atoms with van der Waals surface area (Å²) in [4.78, 5) is 27.1. The van der Waals surface area contributed by atoms with Gasteiger partial charge >= 0.3 is 0 Å². The first-order valence-electron chi connectivity index (χ1n) is 7.43. The number of hydrogen-bond acceptors (Lipinski definition) is 4. The predicted octanol–water partition coefficient (Wildman–Crippen LogP) is 2.77. The van der Waals surface area contributed by atoms with Crippen molar-refractivity contribution in [3.8, 4) is 5.75 Å². The highest BCUT2D eigenvalue weighted by Crippen LogP contribution is 2.26. The molecule has 2 aromatic carbocycles. The third-order valence-corrected chi connectivity index (χ3v) is 3.69. The van der Waals surface area contributed by atoms with E-state index >= 15 is 0 Å². The smallest absolute Gasteiger partial charge is 0.265 e. The minimum absolute atomic E-state index is 0.304. The van der Waals surface area contributed by atoms with Crippen molar-refractivity contribution in [3.63, 3.8) is 0 Å². The van der Waals surface area contributed by atoms with Crippen molar-refractivity contribution < 1.29 is 19.0 Å². The zero-order valence-electron chi connectivity index (χ0n) is 13.3. The van der Waals surface area contributed by atoms with Crippen LogP contribution < -0.4 is 10.9 Å². The highest BCUT2D eigenvalue weighted by atomic mass is 19.1. The van der Waals surface area contributed by atoms with E-state index in [1.807, 2.05) is 0 Å². The second kappa shape index (κ2) is 6.74. The third kappa shape index (κ3) is 3.36. The van der Waals surface area contributed by atoms with Crippen LogP contribution in [0.2, 0.25) is 0 Å². The molecule has 0 atom stereocenters. The molecule has 0 unspecified atom stereocenters. The lowest BCUT2D eigenvalue weighted by atomic mass is 10.1. The van der Waals surface area contributed by atoms with Gasteiger partial charge in [-0.1, -0.05) is 6.07 Å². The van der Waals surface area contributed by atoms with E-state index in [2.05, 4.69) is 10.3 Å². The molecule has 1 aromatic heterocycles. The Morgan fingerprint density at radius 2 is 1.96 bits per heavy atom. The number of carbonyl (C=O) groups is 1. The van der Waals surface area contributed by atoms with Crippen LogP contribution in [0.4, 0.5) is 10.1 Å². The van der Waals surface area contributed by atoms with Gasteiger partial charge in [-0.2, -0.15) is 0 Å². The number of rotatable bonds is 4. The van der Waals surface area contributed by atoms with Crippen LogP contribution in [0.3, 0.4) is 0 Å². The molecule has 0 saturated heterocycles. The molecule has 128 valence electrons. The summed E-state index contributed by atoms with van der Waals surface area (Å²) in [5, 5.41) is 13.2. The van der Waals surface area contributed by atoms with Gasteiger partial charge in [0.2, 0.25) is 0 Å². The summed E-state index contributed by atoms with van der Waals surface area (Å²) < 4.78 is 18.0. The van der Waals surface area contributed by atoms with Gasteiger partial charge in [-0.15, -0.1) is 0 Å². The molecule has 0 spiro atoms. The third-order valence-electron chi connectivity index (χ3n) is 3.69. The Kier molecular flexibility index (Phi) is 4.49. The van der Waals surface area contributed by atoms with E-state index < -0.39 is 28.6 Å². The minimum Gasteiger partial charge on any atom is -0.506 e. The van der Waals surface area contributed by atoms with Crippen molar-refractivity contribution in [1.82, 2.24) is 4.98 Å². The Labute approximate surface area is 141 Å². The summed E-state index contributed by atoms with van der Waals surface area (Å²) in [5.74, 6) is -1.66. The molecule has 0 bridgehead atoms. The van der Waals surface area contributed by atoms with Crippen molar-refractivity contribution in [1.29, 1.82) is 0 Å². The molecule has 0 aliphatic carbocycles. The van der Waals surface area contributed by atoms with Gasteiger partial charge in [-0.25, -0.2) is 4.39 Å². The summed E-state index contributed by atoms with van der Waals surface area (Å²) in [6.45, 7) is 0.325. The first kappa shape index (κ1) is 16.7. The number of benzene rings is 2. The zero-order chi connectivity index (χ0) is 18.0. The van der Waals surface area contributed by atoms with E-state index in [0.29, 0.717) is 23.2 Å². The van der Waals surface area contributed by atoms with E-state index in [0.717, 1.165) is 5.56 Å². The van der Waals surface area contributed by atoms with Crippen LogP contribution in [0.5, 0.6) is 5.75 Å². The summed E-state index contributed by atoms with van der Waals surface area (Å²) >= 11 is 0. The van der Waals surface area contributed by atoms with Gasteiger partial charge < -0.3 is 20.1 Å². The van der Waals surface area contributed by atoms with Crippen molar-refractivity contribution in [3.05, 3.63) is 69.8 Å². The molecule has 1 heterocycles. The molecule has 25 heavy (non-hydrogen) atoms. The Hall–Kier alpha value is -3.19. The van der Waals surface area contributed by atoms with E-state index in [4.69, 9.17) is 4.74 Å². The number of aromatic amines is 1. The molecule has 0 aliphatic rings. The number of aromatic nitrogens is 1. The van der Waals surface area contributed by atoms with Crippen LogP contribution in [0.1, 0.15) is 15.9 Å². The van der Waals surface area contributed by atoms with Crippen LogP contribution in [-0.4, -0.2) is 23.1 Å². The highest BCUT2D eigenvalue weighted by Gasteiger charge is 2.19. The first-order chi connectivity index (χ1) is 12.0. The Balaban J connectivity index is 2.03. The maximum Gasteiger partial charge on any atom is 0.265 e. The van der Waals surface area contributed by atoms with Crippen molar-refractivity contribution >= 4 is 22.5 Å². The fourth-order valence-corrected chi connectivity index (χ4v) is 2.52. The number of aromatic hydroxyl groups is 1. The lowest BCUT2D eigenvalue weighted by Gasteiger charge is -2.10. The van der Waals surface area contributed by atoms with Crippen LogP contribution >= 0.6 is 0 Å². The number of ether oxygens (including phenoxy) is 1. The number of hydrogen-bond donors (Lipinski definition) is 3. The van der Waals surface area contributed by atoms with Gasteiger partial charge in [0.15, 0.2) is 0 Å². The van der Waals surface area contributed by atoms with E-state index in [1.54, 1.807) is 25.3 Å². The van der Waals surface area contributed by atoms with Gasteiger partial charge in [-0.05, 0) is 42.0 Å². The average Bonchev–Trinajstić information content (AvgIpc) is 2.58. The van der Waals surface area contributed by atoms with Gasteiger partial charge in [0, 0.05) is 18.2 Å². The number of methoxy groups -OCH3 is 1. The van der Waals surface area contributed by atoms with E-state index in [9.17, 15) is 19.1 Å². The molecule has 0 saturated carbocycles. The second-order valence-electron chi connectivity index (χ2n) is 5.45. The second-order valence-corrected chi connectivity index (χ2v) is 5.45. The average molecular weight is 342 g/mol. The topological polar surface area (TPSA) is 91.4 Å². The van der Waals surface area contributed by atoms with Crippen LogP contribution in [0.15, 0.2) is 47.3 Å². The molecule has 0 aliphatic heterocycles. The fraction of sp³-hybridized carbons (Fsp3) is 0.111. The first-order valence-corrected chi connectivity index (χ1v) is 7.43. The van der Waals surface area contributed by atoms with Crippen LogP contribution in [-0.2, 0) is 11.3 Å². The molecular formula is C18H15FN2O4.